The Morgan fingerprint density at radius 2 is 1.03 bits per heavy atom. The number of carbonyl (C=O) groups excluding carboxylic acids is 1. The third-order valence-corrected chi connectivity index (χ3v) is 8.35. The monoisotopic (exact) mass is 508 g/mol. The summed E-state index contributed by atoms with van der Waals surface area (Å²) in [5.74, 6) is 2.33. The van der Waals surface area contributed by atoms with Gasteiger partial charge in [0.15, 0.2) is 0 Å². The molecule has 2 heteroatoms. The van der Waals surface area contributed by atoms with Gasteiger partial charge in [-0.3, -0.25) is 9.69 Å². The molecule has 0 spiro atoms. The highest BCUT2D eigenvalue weighted by Crippen LogP contribution is 2.44. The van der Waals surface area contributed by atoms with Gasteiger partial charge in [-0.25, -0.2) is 0 Å². The van der Waals surface area contributed by atoms with Crippen LogP contribution in [0, 0.1) is 44.8 Å². The van der Waals surface area contributed by atoms with Gasteiger partial charge >= 0.3 is 0 Å². The SMILES string of the molecule is CC(CC(C)CC(C)(C)C)CN(CC(C)(C)CC(C)CC(C)(C)C)C(C)(C)C(C)(C)C(=O)C(C)(C)C. The molecule has 216 valence electrons. The smallest absolute Gasteiger partial charge is 0.145 e. The molecule has 0 aliphatic rings. The summed E-state index contributed by atoms with van der Waals surface area (Å²) in [6.07, 6.45) is 4.94. The number of hydrogen-bond donors (Lipinski definition) is 0. The Bertz CT molecular complexity index is 677. The van der Waals surface area contributed by atoms with Gasteiger partial charge in [0.05, 0.1) is 0 Å². The Hall–Kier alpha value is -0.370. The summed E-state index contributed by atoms with van der Waals surface area (Å²) >= 11 is 0. The Morgan fingerprint density at radius 1 is 0.611 bits per heavy atom. The average Bonchev–Trinajstić information content (AvgIpc) is 2.54. The predicted octanol–water partition coefficient (Wildman–Crippen LogP) is 10.3. The standard InChI is InChI=1S/C34H69NO/c1-25(20-29(4,5)6)19-26(2)23-35(24-32(13,14)22-27(3)21-30(7,8)9)34(17,18)33(15,16)28(36)31(10,11)12/h25-27H,19-24H2,1-18H3. The number of carbonyl (C=O) groups is 1. The first-order valence-electron chi connectivity index (χ1n) is 14.9. The van der Waals surface area contributed by atoms with E-state index in [0.717, 1.165) is 13.1 Å². The topological polar surface area (TPSA) is 20.3 Å². The lowest BCUT2D eigenvalue weighted by Gasteiger charge is -2.53. The van der Waals surface area contributed by atoms with Gasteiger partial charge < -0.3 is 0 Å². The zero-order valence-corrected chi connectivity index (χ0v) is 28.3. The minimum absolute atomic E-state index is 0.180. The minimum atomic E-state index is -0.449. The molecule has 0 N–H and O–H groups in total. The van der Waals surface area contributed by atoms with Crippen LogP contribution < -0.4 is 0 Å². The molecule has 0 bridgehead atoms. The number of nitrogens with zero attached hydrogens (tertiary/aromatic N) is 1. The molecule has 0 fully saturated rings. The van der Waals surface area contributed by atoms with Gasteiger partial charge in [-0.15, -0.1) is 0 Å². The maximum absolute atomic E-state index is 13.7. The molecule has 0 amide bonds. The lowest BCUT2D eigenvalue weighted by atomic mass is 9.63. The average molecular weight is 508 g/mol. The fourth-order valence-electron chi connectivity index (χ4n) is 7.01. The maximum atomic E-state index is 13.7. The molecule has 0 aliphatic heterocycles. The summed E-state index contributed by atoms with van der Waals surface area (Å²) in [5.41, 5.74) is -0.147. The third kappa shape index (κ3) is 12.0. The number of hydrogen-bond acceptors (Lipinski definition) is 2. The van der Waals surface area contributed by atoms with Gasteiger partial charge in [0.2, 0.25) is 0 Å². The number of ketones is 1. The van der Waals surface area contributed by atoms with Crippen molar-refractivity contribution in [3.63, 3.8) is 0 Å². The van der Waals surface area contributed by atoms with E-state index in [9.17, 15) is 4.79 Å². The maximum Gasteiger partial charge on any atom is 0.145 e. The third-order valence-electron chi connectivity index (χ3n) is 8.35. The lowest BCUT2D eigenvalue weighted by Crippen LogP contribution is -2.61. The summed E-state index contributed by atoms with van der Waals surface area (Å²) in [7, 11) is 0. The van der Waals surface area contributed by atoms with Crippen molar-refractivity contribution in [2.45, 2.75) is 156 Å². The predicted molar refractivity (Wildman–Crippen MR) is 163 cm³/mol. The summed E-state index contributed by atoms with van der Waals surface area (Å²) in [5, 5.41) is 0. The molecule has 3 unspecified atom stereocenters. The molecule has 0 aromatic rings. The van der Waals surface area contributed by atoms with E-state index < -0.39 is 5.41 Å². The summed E-state index contributed by atoms with van der Waals surface area (Å²) < 4.78 is 0. The van der Waals surface area contributed by atoms with Crippen molar-refractivity contribution in [3.8, 4) is 0 Å². The van der Waals surface area contributed by atoms with Crippen molar-refractivity contribution in [1.29, 1.82) is 0 Å². The Labute approximate surface area is 229 Å². The molecule has 0 saturated heterocycles. The highest BCUT2D eigenvalue weighted by Gasteiger charge is 2.50. The van der Waals surface area contributed by atoms with Crippen molar-refractivity contribution in [2.75, 3.05) is 13.1 Å². The number of rotatable bonds is 13. The summed E-state index contributed by atoms with van der Waals surface area (Å²) in [6.45, 7) is 43.6. The largest absolute Gasteiger partial charge is 0.298 e. The number of Topliss-reactive ketones (excluding diaryl/α,β-unsaturated/α-hetero) is 1. The van der Waals surface area contributed by atoms with E-state index in [1.807, 2.05) is 0 Å². The molecular formula is C34H69NO. The molecule has 0 saturated carbocycles. The van der Waals surface area contributed by atoms with Crippen LogP contribution in [0.1, 0.15) is 150 Å². The molecule has 3 atom stereocenters. The van der Waals surface area contributed by atoms with Crippen LogP contribution in [0.3, 0.4) is 0 Å². The van der Waals surface area contributed by atoms with E-state index in [1.54, 1.807) is 0 Å². The van der Waals surface area contributed by atoms with Gasteiger partial charge in [0.1, 0.15) is 5.78 Å². The van der Waals surface area contributed by atoms with Crippen LogP contribution in [0.15, 0.2) is 0 Å². The fraction of sp³-hybridized carbons (Fsp3) is 0.971. The molecule has 0 aromatic heterocycles. The molecule has 36 heavy (non-hydrogen) atoms. The Balaban J connectivity index is 6.06. The quantitative estimate of drug-likeness (QED) is 0.247. The normalized spacial score (nSPS) is 17.3. The molecule has 0 rings (SSSR count). The highest BCUT2D eigenvalue weighted by atomic mass is 16.1. The van der Waals surface area contributed by atoms with E-state index in [2.05, 4.69) is 130 Å². The highest BCUT2D eigenvalue weighted by molar-refractivity contribution is 5.90. The second-order valence-corrected chi connectivity index (χ2v) is 18.1. The van der Waals surface area contributed by atoms with Crippen molar-refractivity contribution in [2.24, 2.45) is 44.8 Å². The van der Waals surface area contributed by atoms with Crippen LogP contribution in [0.5, 0.6) is 0 Å². The molecule has 2 nitrogen and oxygen atoms in total. The van der Waals surface area contributed by atoms with Crippen LogP contribution in [-0.4, -0.2) is 29.3 Å². The molecule has 0 heterocycles. The van der Waals surface area contributed by atoms with Crippen molar-refractivity contribution >= 4 is 5.78 Å². The van der Waals surface area contributed by atoms with E-state index >= 15 is 0 Å². The fourth-order valence-corrected chi connectivity index (χ4v) is 7.01. The Morgan fingerprint density at radius 3 is 1.42 bits per heavy atom. The van der Waals surface area contributed by atoms with Gasteiger partial charge in [0.25, 0.3) is 0 Å². The lowest BCUT2D eigenvalue weighted by molar-refractivity contribution is -0.145. The molecular weight excluding hydrogens is 438 g/mol. The zero-order chi connectivity index (χ0) is 29.1. The van der Waals surface area contributed by atoms with Crippen LogP contribution in [0.4, 0.5) is 0 Å². The first-order chi connectivity index (χ1) is 15.6. The Kier molecular flexibility index (Phi) is 12.1. The van der Waals surface area contributed by atoms with Crippen molar-refractivity contribution < 1.29 is 4.79 Å². The van der Waals surface area contributed by atoms with Crippen LogP contribution in [0.2, 0.25) is 0 Å². The molecule has 0 aromatic carbocycles. The summed E-state index contributed by atoms with van der Waals surface area (Å²) in [6, 6.07) is 0. The van der Waals surface area contributed by atoms with Gasteiger partial charge in [-0.05, 0) is 73.5 Å². The van der Waals surface area contributed by atoms with E-state index in [0.29, 0.717) is 34.4 Å². The second kappa shape index (κ2) is 12.2. The zero-order valence-electron chi connectivity index (χ0n) is 28.3. The van der Waals surface area contributed by atoms with E-state index in [1.165, 1.54) is 25.7 Å². The van der Waals surface area contributed by atoms with Gasteiger partial charge in [-0.1, -0.05) is 111 Å². The minimum Gasteiger partial charge on any atom is -0.298 e. The van der Waals surface area contributed by atoms with Crippen LogP contribution >= 0.6 is 0 Å². The van der Waals surface area contributed by atoms with Crippen molar-refractivity contribution in [1.82, 2.24) is 4.90 Å². The van der Waals surface area contributed by atoms with Gasteiger partial charge in [-0.2, -0.15) is 0 Å². The molecule has 0 aliphatic carbocycles. The van der Waals surface area contributed by atoms with Crippen LogP contribution in [0.25, 0.3) is 0 Å². The van der Waals surface area contributed by atoms with Gasteiger partial charge in [0, 0.05) is 29.5 Å². The first kappa shape index (κ1) is 35.6. The second-order valence-electron chi connectivity index (χ2n) is 18.1. The van der Waals surface area contributed by atoms with E-state index in [4.69, 9.17) is 0 Å². The molecule has 0 radical (unpaired) electrons. The van der Waals surface area contributed by atoms with E-state index in [-0.39, 0.29) is 16.4 Å². The summed E-state index contributed by atoms with van der Waals surface area (Å²) in [4.78, 5) is 16.4. The van der Waals surface area contributed by atoms with Crippen LogP contribution in [-0.2, 0) is 4.79 Å². The first-order valence-corrected chi connectivity index (χ1v) is 14.9. The van der Waals surface area contributed by atoms with Crippen molar-refractivity contribution in [3.05, 3.63) is 0 Å².